The predicted octanol–water partition coefficient (Wildman–Crippen LogP) is 5.56. The molecule has 0 bridgehead atoms. The van der Waals surface area contributed by atoms with Crippen LogP contribution in [0.5, 0.6) is 5.75 Å². The summed E-state index contributed by atoms with van der Waals surface area (Å²) in [5.74, 6) is 0.951. The summed E-state index contributed by atoms with van der Waals surface area (Å²) in [4.78, 5) is 13.2. The number of fused-ring (bicyclic) bond motifs is 1. The molecule has 0 saturated carbocycles. The van der Waals surface area contributed by atoms with E-state index in [1.54, 1.807) is 18.4 Å². The van der Waals surface area contributed by atoms with Crippen molar-refractivity contribution in [1.82, 2.24) is 0 Å². The lowest BCUT2D eigenvalue weighted by molar-refractivity contribution is 0.296. The Bertz CT molecular complexity index is 1150. The third-order valence-corrected chi connectivity index (χ3v) is 4.53. The summed E-state index contributed by atoms with van der Waals surface area (Å²) in [6.45, 7) is 6.19. The lowest BCUT2D eigenvalue weighted by Crippen LogP contribution is -2.11. The predicted molar refractivity (Wildman–Crippen MR) is 105 cm³/mol. The first kappa shape index (κ1) is 17.2. The molecule has 4 heteroatoms. The largest absolute Gasteiger partial charge is 0.481 e. The minimum absolute atomic E-state index is 0.169. The first-order valence-electron chi connectivity index (χ1n) is 8.83. The standard InChI is InChI=1S/C23H20O4/c1-14-6-8-17(9-7-14)13-26-23-20(24)18-12-15(2)11-16(3)21(18)27-22(23)19-5-4-10-25-19/h4-12H,13H2,1-3H3. The number of ether oxygens (including phenoxy) is 1. The molecule has 0 spiro atoms. The smallest absolute Gasteiger partial charge is 0.235 e. The maximum Gasteiger partial charge on any atom is 0.235 e. The van der Waals surface area contributed by atoms with Crippen molar-refractivity contribution in [3.05, 3.63) is 87.3 Å². The van der Waals surface area contributed by atoms with E-state index >= 15 is 0 Å². The van der Waals surface area contributed by atoms with Crippen molar-refractivity contribution in [2.24, 2.45) is 0 Å². The van der Waals surface area contributed by atoms with Gasteiger partial charge in [-0.05, 0) is 55.7 Å². The van der Waals surface area contributed by atoms with Gasteiger partial charge >= 0.3 is 0 Å². The molecule has 4 aromatic rings. The summed E-state index contributed by atoms with van der Waals surface area (Å²) < 4.78 is 17.5. The van der Waals surface area contributed by atoms with Gasteiger partial charge in [0.15, 0.2) is 5.76 Å². The van der Waals surface area contributed by atoms with Crippen LogP contribution < -0.4 is 10.2 Å². The molecule has 2 heterocycles. The molecule has 0 N–H and O–H groups in total. The van der Waals surface area contributed by atoms with Crippen molar-refractivity contribution >= 4 is 11.0 Å². The monoisotopic (exact) mass is 360 g/mol. The van der Waals surface area contributed by atoms with E-state index in [2.05, 4.69) is 0 Å². The van der Waals surface area contributed by atoms with Crippen molar-refractivity contribution in [3.8, 4) is 17.3 Å². The molecule has 0 fully saturated rings. The molecule has 2 aromatic carbocycles. The summed E-state index contributed by atoms with van der Waals surface area (Å²) in [5, 5.41) is 0.515. The van der Waals surface area contributed by atoms with Crippen LogP contribution in [0.2, 0.25) is 0 Å². The van der Waals surface area contributed by atoms with Crippen molar-refractivity contribution < 1.29 is 13.6 Å². The van der Waals surface area contributed by atoms with E-state index in [0.29, 0.717) is 22.5 Å². The zero-order valence-electron chi connectivity index (χ0n) is 15.5. The SMILES string of the molecule is Cc1ccc(COc2c(-c3ccco3)oc3c(C)cc(C)cc3c2=O)cc1. The fourth-order valence-electron chi connectivity index (χ4n) is 3.17. The molecule has 136 valence electrons. The number of hydrogen-bond acceptors (Lipinski definition) is 4. The van der Waals surface area contributed by atoms with E-state index < -0.39 is 0 Å². The van der Waals surface area contributed by atoms with Crippen LogP contribution >= 0.6 is 0 Å². The molecule has 0 atom stereocenters. The van der Waals surface area contributed by atoms with Crippen LogP contribution in [0.15, 0.2) is 68.4 Å². The molecule has 27 heavy (non-hydrogen) atoms. The molecule has 0 unspecified atom stereocenters. The molecule has 0 amide bonds. The average Bonchev–Trinajstić information content (AvgIpc) is 3.17. The van der Waals surface area contributed by atoms with Crippen molar-refractivity contribution in [1.29, 1.82) is 0 Å². The minimum Gasteiger partial charge on any atom is -0.481 e. The molecular formula is C23H20O4. The molecule has 0 aliphatic rings. The van der Waals surface area contributed by atoms with Gasteiger partial charge in [-0.2, -0.15) is 0 Å². The van der Waals surface area contributed by atoms with Crippen LogP contribution in [0, 0.1) is 20.8 Å². The second kappa shape index (κ2) is 6.80. The summed E-state index contributed by atoms with van der Waals surface area (Å²) in [6, 6.07) is 15.3. The Labute approximate surface area is 157 Å². The van der Waals surface area contributed by atoms with Gasteiger partial charge in [0.1, 0.15) is 12.2 Å². The number of aryl methyl sites for hydroxylation is 3. The van der Waals surface area contributed by atoms with Crippen LogP contribution in [-0.2, 0) is 6.61 Å². The zero-order chi connectivity index (χ0) is 19.0. The average molecular weight is 360 g/mol. The topological polar surface area (TPSA) is 52.6 Å². The third-order valence-electron chi connectivity index (χ3n) is 4.53. The van der Waals surface area contributed by atoms with E-state index in [4.69, 9.17) is 13.6 Å². The van der Waals surface area contributed by atoms with Gasteiger partial charge in [0.2, 0.25) is 16.9 Å². The highest BCUT2D eigenvalue weighted by atomic mass is 16.5. The number of rotatable bonds is 4. The van der Waals surface area contributed by atoms with Gasteiger partial charge in [-0.3, -0.25) is 4.79 Å². The number of hydrogen-bond donors (Lipinski definition) is 0. The fraction of sp³-hybridized carbons (Fsp3) is 0.174. The molecule has 4 nitrogen and oxygen atoms in total. The normalized spacial score (nSPS) is 11.1. The molecule has 0 aliphatic carbocycles. The second-order valence-electron chi connectivity index (χ2n) is 6.80. The Hall–Kier alpha value is -3.27. The van der Waals surface area contributed by atoms with Gasteiger partial charge < -0.3 is 13.6 Å². The Morgan fingerprint density at radius 3 is 2.44 bits per heavy atom. The van der Waals surface area contributed by atoms with E-state index in [9.17, 15) is 4.79 Å². The molecule has 4 rings (SSSR count). The van der Waals surface area contributed by atoms with E-state index in [0.717, 1.165) is 16.7 Å². The Kier molecular flexibility index (Phi) is 4.32. The third kappa shape index (κ3) is 3.26. The van der Waals surface area contributed by atoms with Gasteiger partial charge in [0.05, 0.1) is 11.6 Å². The van der Waals surface area contributed by atoms with Crippen LogP contribution in [0.25, 0.3) is 22.5 Å². The first-order chi connectivity index (χ1) is 13.0. The summed E-state index contributed by atoms with van der Waals surface area (Å²) >= 11 is 0. The highest BCUT2D eigenvalue weighted by Gasteiger charge is 2.21. The summed E-state index contributed by atoms with van der Waals surface area (Å²) in [6.07, 6.45) is 1.55. The Balaban J connectivity index is 1.86. The summed E-state index contributed by atoms with van der Waals surface area (Å²) in [7, 11) is 0. The second-order valence-corrected chi connectivity index (χ2v) is 6.80. The van der Waals surface area contributed by atoms with Gasteiger partial charge in [0.25, 0.3) is 0 Å². The molecule has 0 radical (unpaired) electrons. The van der Waals surface area contributed by atoms with Crippen molar-refractivity contribution in [2.45, 2.75) is 27.4 Å². The van der Waals surface area contributed by atoms with Crippen molar-refractivity contribution in [2.75, 3.05) is 0 Å². The number of benzene rings is 2. The van der Waals surface area contributed by atoms with Crippen LogP contribution in [0.3, 0.4) is 0 Å². The van der Waals surface area contributed by atoms with E-state index in [1.807, 2.05) is 57.2 Å². The van der Waals surface area contributed by atoms with Gasteiger partial charge in [0, 0.05) is 0 Å². The molecule has 0 saturated heterocycles. The van der Waals surface area contributed by atoms with Gasteiger partial charge in [-0.1, -0.05) is 35.9 Å². The molecule has 0 aliphatic heterocycles. The highest BCUT2D eigenvalue weighted by Crippen LogP contribution is 2.33. The Morgan fingerprint density at radius 1 is 0.963 bits per heavy atom. The van der Waals surface area contributed by atoms with Crippen LogP contribution in [-0.4, -0.2) is 0 Å². The maximum absolute atomic E-state index is 13.2. The molecular weight excluding hydrogens is 340 g/mol. The van der Waals surface area contributed by atoms with Gasteiger partial charge in [-0.15, -0.1) is 0 Å². The van der Waals surface area contributed by atoms with Gasteiger partial charge in [-0.25, -0.2) is 0 Å². The zero-order valence-corrected chi connectivity index (χ0v) is 15.5. The number of furan rings is 1. The van der Waals surface area contributed by atoms with Crippen LogP contribution in [0.1, 0.15) is 22.3 Å². The van der Waals surface area contributed by atoms with E-state index in [-0.39, 0.29) is 17.8 Å². The maximum atomic E-state index is 13.2. The first-order valence-corrected chi connectivity index (χ1v) is 8.83. The lowest BCUT2D eigenvalue weighted by atomic mass is 10.1. The summed E-state index contributed by atoms with van der Waals surface area (Å²) in [5.41, 5.74) is 4.42. The highest BCUT2D eigenvalue weighted by molar-refractivity contribution is 5.84. The minimum atomic E-state index is -0.193. The quantitative estimate of drug-likeness (QED) is 0.478. The van der Waals surface area contributed by atoms with E-state index in [1.165, 1.54) is 5.56 Å². The Morgan fingerprint density at radius 2 is 1.74 bits per heavy atom. The van der Waals surface area contributed by atoms with Crippen LogP contribution in [0.4, 0.5) is 0 Å². The molecule has 2 aromatic heterocycles. The fourth-order valence-corrected chi connectivity index (χ4v) is 3.17. The lowest BCUT2D eigenvalue weighted by Gasteiger charge is -2.12. The van der Waals surface area contributed by atoms with Crippen molar-refractivity contribution in [3.63, 3.8) is 0 Å².